The van der Waals surface area contributed by atoms with Crippen molar-refractivity contribution >= 4 is 38.1 Å². The molecule has 1 aromatic carbocycles. The second-order valence-electron chi connectivity index (χ2n) is 3.18. The summed E-state index contributed by atoms with van der Waals surface area (Å²) in [6, 6.07) is 3.77. The Hall–Kier alpha value is -0.790. The molecule has 0 amide bonds. The lowest BCUT2D eigenvalue weighted by Gasteiger charge is -2.02. The molecule has 0 spiro atoms. The van der Waals surface area contributed by atoms with Crippen molar-refractivity contribution in [2.24, 2.45) is 0 Å². The van der Waals surface area contributed by atoms with Gasteiger partial charge in [0, 0.05) is 5.30 Å². The highest BCUT2D eigenvalue weighted by Crippen LogP contribution is 2.14. The number of rotatable bonds is 0. The first-order valence-electron chi connectivity index (χ1n) is 4.10. The van der Waals surface area contributed by atoms with Crippen LogP contribution in [-0.4, -0.2) is 0 Å². The normalized spacial score (nSPS) is 10.8. The molecule has 0 saturated carbocycles. The Morgan fingerprint density at radius 1 is 1.43 bits per heavy atom. The minimum absolute atomic E-state index is 0.0815. The van der Waals surface area contributed by atoms with E-state index in [1.54, 1.807) is 0 Å². The van der Waals surface area contributed by atoms with Gasteiger partial charge >= 0.3 is 0 Å². The van der Waals surface area contributed by atoms with Gasteiger partial charge in [-0.15, -0.1) is 21.9 Å². The molecule has 0 radical (unpaired) electrons. The summed E-state index contributed by atoms with van der Waals surface area (Å²) in [4.78, 5) is 12.0. The van der Waals surface area contributed by atoms with Crippen molar-refractivity contribution in [3.63, 3.8) is 0 Å². The van der Waals surface area contributed by atoms with E-state index < -0.39 is 0 Å². The fraction of sp³-hybridized carbons (Fsp3) is 0.100. The lowest BCUT2D eigenvalue weighted by molar-refractivity contribution is 0.590. The van der Waals surface area contributed by atoms with Crippen molar-refractivity contribution in [2.45, 2.75) is 11.8 Å². The first-order valence-corrected chi connectivity index (χ1v) is 5.12. The van der Waals surface area contributed by atoms with E-state index in [0.717, 1.165) is 10.9 Å². The Morgan fingerprint density at radius 3 is 2.86 bits per heavy atom. The summed E-state index contributed by atoms with van der Waals surface area (Å²) in [7, 11) is 2.56. The zero-order valence-electron chi connectivity index (χ0n) is 7.57. The molecular formula is C10H9O2PS. The third kappa shape index (κ3) is 1.47. The fourth-order valence-corrected chi connectivity index (χ4v) is 2.07. The predicted molar refractivity (Wildman–Crippen MR) is 63.8 cm³/mol. The Labute approximate surface area is 88.9 Å². The third-order valence-electron chi connectivity index (χ3n) is 2.03. The van der Waals surface area contributed by atoms with Crippen molar-refractivity contribution < 1.29 is 4.42 Å². The van der Waals surface area contributed by atoms with Gasteiger partial charge in [-0.1, -0.05) is 0 Å². The van der Waals surface area contributed by atoms with Crippen LogP contribution in [0.1, 0.15) is 5.56 Å². The SMILES string of the molecule is Cc1cc(P)c2occ(S)c(=O)c2c1. The van der Waals surface area contributed by atoms with Gasteiger partial charge < -0.3 is 4.42 Å². The summed E-state index contributed by atoms with van der Waals surface area (Å²) >= 11 is 4.03. The van der Waals surface area contributed by atoms with E-state index in [0.29, 0.717) is 15.9 Å². The van der Waals surface area contributed by atoms with Gasteiger partial charge in [-0.2, -0.15) is 0 Å². The second kappa shape index (κ2) is 3.41. The van der Waals surface area contributed by atoms with Crippen molar-refractivity contribution in [2.75, 3.05) is 0 Å². The highest BCUT2D eigenvalue weighted by atomic mass is 32.1. The molecule has 1 aromatic heterocycles. The van der Waals surface area contributed by atoms with Crippen LogP contribution >= 0.6 is 21.9 Å². The molecule has 1 heterocycles. The largest absolute Gasteiger partial charge is 0.462 e. The van der Waals surface area contributed by atoms with Crippen LogP contribution in [0.25, 0.3) is 11.0 Å². The van der Waals surface area contributed by atoms with Gasteiger partial charge in [-0.05, 0) is 24.6 Å². The van der Waals surface area contributed by atoms with Gasteiger partial charge in [-0.3, -0.25) is 4.79 Å². The molecule has 2 aromatic rings. The third-order valence-corrected chi connectivity index (χ3v) is 2.77. The Kier molecular flexibility index (Phi) is 2.38. The van der Waals surface area contributed by atoms with Gasteiger partial charge in [0.1, 0.15) is 11.8 Å². The summed E-state index contributed by atoms with van der Waals surface area (Å²) in [5.41, 5.74) is 1.57. The van der Waals surface area contributed by atoms with Gasteiger partial charge in [0.2, 0.25) is 5.43 Å². The maximum atomic E-state index is 11.7. The van der Waals surface area contributed by atoms with Crippen LogP contribution in [-0.2, 0) is 0 Å². The molecule has 0 fully saturated rings. The monoisotopic (exact) mass is 224 g/mol. The molecule has 1 atom stereocenters. The molecule has 0 bridgehead atoms. The molecule has 0 saturated heterocycles. The average molecular weight is 224 g/mol. The highest BCUT2D eigenvalue weighted by Gasteiger charge is 2.06. The Bertz CT molecular complexity index is 560. The minimum Gasteiger partial charge on any atom is -0.462 e. The summed E-state index contributed by atoms with van der Waals surface area (Å²) in [6.07, 6.45) is 1.37. The van der Waals surface area contributed by atoms with E-state index in [2.05, 4.69) is 21.9 Å². The van der Waals surface area contributed by atoms with Gasteiger partial charge in [-0.25, -0.2) is 0 Å². The van der Waals surface area contributed by atoms with Gasteiger partial charge in [0.05, 0.1) is 10.3 Å². The van der Waals surface area contributed by atoms with Gasteiger partial charge in [0.15, 0.2) is 0 Å². The van der Waals surface area contributed by atoms with Crippen molar-refractivity contribution in [1.29, 1.82) is 0 Å². The summed E-state index contributed by atoms with van der Waals surface area (Å²) in [6.45, 7) is 1.94. The molecular weight excluding hydrogens is 215 g/mol. The van der Waals surface area contributed by atoms with E-state index in [4.69, 9.17) is 4.42 Å². The molecule has 4 heteroatoms. The average Bonchev–Trinajstić information content (AvgIpc) is 2.12. The van der Waals surface area contributed by atoms with Crippen LogP contribution in [0.4, 0.5) is 0 Å². The topological polar surface area (TPSA) is 30.2 Å². The number of benzene rings is 1. The van der Waals surface area contributed by atoms with E-state index >= 15 is 0 Å². The minimum atomic E-state index is -0.0815. The van der Waals surface area contributed by atoms with E-state index in [1.165, 1.54) is 6.26 Å². The van der Waals surface area contributed by atoms with Gasteiger partial charge in [0.25, 0.3) is 0 Å². The van der Waals surface area contributed by atoms with E-state index in [-0.39, 0.29) is 5.43 Å². The molecule has 2 nitrogen and oxygen atoms in total. The quantitative estimate of drug-likeness (QED) is 0.547. The molecule has 0 aliphatic heterocycles. The predicted octanol–water partition coefficient (Wildman–Crippen LogP) is 1.89. The zero-order chi connectivity index (χ0) is 10.3. The number of thiol groups is 1. The summed E-state index contributed by atoms with van der Waals surface area (Å²) < 4.78 is 5.31. The molecule has 0 aliphatic carbocycles. The smallest absolute Gasteiger partial charge is 0.206 e. The maximum absolute atomic E-state index is 11.7. The maximum Gasteiger partial charge on any atom is 0.206 e. The first-order chi connectivity index (χ1) is 6.59. The fourth-order valence-electron chi connectivity index (χ4n) is 1.41. The zero-order valence-corrected chi connectivity index (χ0v) is 9.62. The number of hydrogen-bond acceptors (Lipinski definition) is 3. The number of hydrogen-bond donors (Lipinski definition) is 1. The molecule has 2 rings (SSSR count). The Balaban J connectivity index is 3.03. The van der Waals surface area contributed by atoms with Crippen LogP contribution in [0.15, 0.2) is 32.5 Å². The Morgan fingerprint density at radius 2 is 2.14 bits per heavy atom. The van der Waals surface area contributed by atoms with Crippen LogP contribution in [0.3, 0.4) is 0 Å². The van der Waals surface area contributed by atoms with Crippen LogP contribution < -0.4 is 10.7 Å². The van der Waals surface area contributed by atoms with Crippen LogP contribution in [0.2, 0.25) is 0 Å². The molecule has 14 heavy (non-hydrogen) atoms. The first kappa shape index (κ1) is 9.75. The van der Waals surface area contributed by atoms with Crippen molar-refractivity contribution in [3.8, 4) is 0 Å². The highest BCUT2D eigenvalue weighted by molar-refractivity contribution is 7.80. The standard InChI is InChI=1S/C10H9O2PS/c1-5-2-6-9(11)8(14)4-12-10(6)7(13)3-5/h2-4,14H,13H2,1H3. The lowest BCUT2D eigenvalue weighted by Crippen LogP contribution is -2.06. The van der Waals surface area contributed by atoms with E-state index in [1.807, 2.05) is 19.1 Å². The molecule has 0 N–H and O–H groups in total. The number of aryl methyl sites for hydroxylation is 1. The molecule has 1 unspecified atom stereocenters. The van der Waals surface area contributed by atoms with Crippen LogP contribution in [0, 0.1) is 6.92 Å². The number of fused-ring (bicyclic) bond motifs is 1. The summed E-state index contributed by atoms with van der Waals surface area (Å²) in [5.74, 6) is 0. The second-order valence-corrected chi connectivity index (χ2v) is 4.28. The van der Waals surface area contributed by atoms with Crippen LogP contribution in [0.5, 0.6) is 0 Å². The lowest BCUT2D eigenvalue weighted by atomic mass is 10.1. The summed E-state index contributed by atoms with van der Waals surface area (Å²) in [5, 5.41) is 1.48. The van der Waals surface area contributed by atoms with Crippen molar-refractivity contribution in [3.05, 3.63) is 34.2 Å². The molecule has 72 valence electrons. The van der Waals surface area contributed by atoms with Crippen molar-refractivity contribution in [1.82, 2.24) is 0 Å². The van der Waals surface area contributed by atoms with E-state index in [9.17, 15) is 4.79 Å². The molecule has 0 aliphatic rings.